The van der Waals surface area contributed by atoms with Crippen LogP contribution in [0.15, 0.2) is 273 Å². The third-order valence-corrected chi connectivity index (χ3v) is 13.6. The minimum absolute atomic E-state index is 0.554. The van der Waals surface area contributed by atoms with Gasteiger partial charge in [0.1, 0.15) is 0 Å². The summed E-state index contributed by atoms with van der Waals surface area (Å²) >= 11 is 0. The molecule has 310 valence electrons. The van der Waals surface area contributed by atoms with Gasteiger partial charge in [-0.05, 0) is 108 Å². The van der Waals surface area contributed by atoms with E-state index in [1.807, 2.05) is 0 Å². The standard InChI is InChI=1S/C65H45N/c1-4-22-46(23-5-1)54-33-12-13-35-57(54)60-37-16-19-41-64(60)66(63-40-18-15-34-56(63)49-27-20-26-48(44-49)55-38-21-25-47-24-10-11-32-53(47)55)52-42-43-59-58-36-14-17-39-61(58)65(62(59)45-52,50-28-6-2-7-29-50)51-30-8-3-9-31-51/h1-45H. The fourth-order valence-electron chi connectivity index (χ4n) is 10.7. The van der Waals surface area contributed by atoms with Gasteiger partial charge in [0.15, 0.2) is 0 Å². The first-order valence-electron chi connectivity index (χ1n) is 22.8. The van der Waals surface area contributed by atoms with Crippen molar-refractivity contribution in [1.29, 1.82) is 0 Å². The number of rotatable bonds is 9. The van der Waals surface area contributed by atoms with E-state index < -0.39 is 5.41 Å². The normalized spacial score (nSPS) is 12.4. The Morgan fingerprint density at radius 1 is 0.258 bits per heavy atom. The van der Waals surface area contributed by atoms with E-state index in [-0.39, 0.29) is 0 Å². The van der Waals surface area contributed by atoms with Crippen LogP contribution >= 0.6 is 0 Å². The summed E-state index contributed by atoms with van der Waals surface area (Å²) in [4.78, 5) is 2.51. The molecule has 0 saturated heterocycles. The zero-order chi connectivity index (χ0) is 43.9. The van der Waals surface area contributed by atoms with Gasteiger partial charge in [0.25, 0.3) is 0 Å². The fourth-order valence-corrected chi connectivity index (χ4v) is 10.7. The smallest absolute Gasteiger partial charge is 0.0714 e. The highest BCUT2D eigenvalue weighted by atomic mass is 15.1. The molecule has 0 heterocycles. The minimum Gasteiger partial charge on any atom is -0.309 e. The van der Waals surface area contributed by atoms with E-state index in [0.717, 1.165) is 33.8 Å². The van der Waals surface area contributed by atoms with Gasteiger partial charge in [0.2, 0.25) is 0 Å². The predicted molar refractivity (Wildman–Crippen MR) is 278 cm³/mol. The second kappa shape index (κ2) is 16.6. The van der Waals surface area contributed by atoms with Gasteiger partial charge in [0.05, 0.1) is 16.8 Å². The first-order valence-corrected chi connectivity index (χ1v) is 22.8. The minimum atomic E-state index is -0.554. The van der Waals surface area contributed by atoms with Crippen LogP contribution in [0.2, 0.25) is 0 Å². The molecule has 0 aliphatic heterocycles. The van der Waals surface area contributed by atoms with Crippen LogP contribution in [0, 0.1) is 0 Å². The summed E-state index contributed by atoms with van der Waals surface area (Å²) < 4.78 is 0. The van der Waals surface area contributed by atoms with Gasteiger partial charge in [-0.2, -0.15) is 0 Å². The second-order valence-corrected chi connectivity index (χ2v) is 17.1. The number of benzene rings is 11. The van der Waals surface area contributed by atoms with E-state index in [2.05, 4.69) is 278 Å². The Balaban J connectivity index is 1.13. The molecule has 0 atom stereocenters. The molecule has 0 fully saturated rings. The van der Waals surface area contributed by atoms with Crippen molar-refractivity contribution in [2.24, 2.45) is 0 Å². The molecule has 1 nitrogen and oxygen atoms in total. The van der Waals surface area contributed by atoms with Crippen LogP contribution in [0.4, 0.5) is 17.1 Å². The third-order valence-electron chi connectivity index (χ3n) is 13.6. The Labute approximate surface area is 387 Å². The summed E-state index contributed by atoms with van der Waals surface area (Å²) in [6.45, 7) is 0. The van der Waals surface area contributed by atoms with Crippen LogP contribution in [-0.4, -0.2) is 0 Å². The van der Waals surface area contributed by atoms with Gasteiger partial charge < -0.3 is 4.90 Å². The average molecular weight is 840 g/mol. The maximum absolute atomic E-state index is 2.51. The van der Waals surface area contributed by atoms with Gasteiger partial charge in [0, 0.05) is 16.8 Å². The number of hydrogen-bond donors (Lipinski definition) is 0. The highest BCUT2D eigenvalue weighted by Gasteiger charge is 2.46. The lowest BCUT2D eigenvalue weighted by Gasteiger charge is -2.35. The zero-order valence-corrected chi connectivity index (χ0v) is 36.4. The van der Waals surface area contributed by atoms with Crippen LogP contribution in [0.25, 0.3) is 66.4 Å². The SMILES string of the molecule is c1ccc(-c2ccccc2-c2ccccc2N(c2ccc3c(c2)C(c2ccccc2)(c2ccccc2)c2ccccc2-3)c2ccccc2-c2cccc(-c3cccc4ccccc34)c2)cc1. The summed E-state index contributed by atoms with van der Waals surface area (Å²) in [6.07, 6.45) is 0. The van der Waals surface area contributed by atoms with Gasteiger partial charge in [-0.3, -0.25) is 0 Å². The topological polar surface area (TPSA) is 3.24 Å². The molecule has 0 amide bonds. The van der Waals surface area contributed by atoms with E-state index in [9.17, 15) is 0 Å². The number of nitrogens with zero attached hydrogens (tertiary/aromatic N) is 1. The number of anilines is 3. The summed E-state index contributed by atoms with van der Waals surface area (Å²) in [5, 5.41) is 2.48. The maximum Gasteiger partial charge on any atom is 0.0714 e. The molecule has 0 saturated carbocycles. The van der Waals surface area contributed by atoms with Crippen molar-refractivity contribution in [3.8, 4) is 55.6 Å². The number of para-hydroxylation sites is 2. The Kier molecular flexibility index (Phi) is 9.81. The molecule has 0 N–H and O–H groups in total. The molecule has 11 aromatic carbocycles. The monoisotopic (exact) mass is 839 g/mol. The third kappa shape index (κ3) is 6.47. The summed E-state index contributed by atoms with van der Waals surface area (Å²) in [6, 6.07) is 100. The maximum atomic E-state index is 2.51. The fraction of sp³-hybridized carbons (Fsp3) is 0.0154. The lowest BCUT2D eigenvalue weighted by molar-refractivity contribution is 0.768. The summed E-state index contributed by atoms with van der Waals surface area (Å²) in [5.41, 5.74) is 19.7. The summed E-state index contributed by atoms with van der Waals surface area (Å²) in [5.74, 6) is 0. The van der Waals surface area contributed by atoms with Gasteiger partial charge in [-0.15, -0.1) is 0 Å². The van der Waals surface area contributed by atoms with Crippen LogP contribution in [0.3, 0.4) is 0 Å². The van der Waals surface area contributed by atoms with Gasteiger partial charge in [-0.25, -0.2) is 0 Å². The molecule has 0 spiro atoms. The van der Waals surface area contributed by atoms with Crippen molar-refractivity contribution >= 4 is 27.8 Å². The molecular formula is C65H45N. The largest absolute Gasteiger partial charge is 0.309 e. The highest BCUT2D eigenvalue weighted by Crippen LogP contribution is 2.58. The van der Waals surface area contributed by atoms with Crippen LogP contribution < -0.4 is 4.90 Å². The molecule has 0 radical (unpaired) electrons. The molecule has 12 rings (SSSR count). The number of hydrogen-bond acceptors (Lipinski definition) is 1. The first kappa shape index (κ1) is 39.1. The predicted octanol–water partition coefficient (Wildman–Crippen LogP) is 17.3. The van der Waals surface area contributed by atoms with E-state index in [4.69, 9.17) is 0 Å². The van der Waals surface area contributed by atoms with Crippen molar-refractivity contribution in [1.82, 2.24) is 0 Å². The van der Waals surface area contributed by atoms with Crippen molar-refractivity contribution in [2.75, 3.05) is 4.90 Å². The molecule has 0 bridgehead atoms. The van der Waals surface area contributed by atoms with Gasteiger partial charge >= 0.3 is 0 Å². The van der Waals surface area contributed by atoms with Crippen molar-refractivity contribution in [2.45, 2.75) is 5.41 Å². The van der Waals surface area contributed by atoms with Crippen molar-refractivity contribution < 1.29 is 0 Å². The lowest BCUT2D eigenvalue weighted by atomic mass is 9.67. The summed E-state index contributed by atoms with van der Waals surface area (Å²) in [7, 11) is 0. The van der Waals surface area contributed by atoms with E-state index in [1.54, 1.807) is 0 Å². The first-order chi connectivity index (χ1) is 32.8. The lowest BCUT2D eigenvalue weighted by Crippen LogP contribution is -2.28. The molecule has 1 aliphatic rings. The highest BCUT2D eigenvalue weighted by molar-refractivity contribution is 6.00. The molecule has 66 heavy (non-hydrogen) atoms. The van der Waals surface area contributed by atoms with E-state index in [0.29, 0.717) is 0 Å². The van der Waals surface area contributed by atoms with Crippen molar-refractivity contribution in [3.05, 3.63) is 295 Å². The van der Waals surface area contributed by atoms with Crippen LogP contribution in [0.5, 0.6) is 0 Å². The molecule has 1 aliphatic carbocycles. The van der Waals surface area contributed by atoms with E-state index >= 15 is 0 Å². The molecular weight excluding hydrogens is 795 g/mol. The van der Waals surface area contributed by atoms with Gasteiger partial charge in [-0.1, -0.05) is 243 Å². The molecule has 11 aromatic rings. The quantitative estimate of drug-likeness (QED) is 0.140. The molecule has 0 aromatic heterocycles. The van der Waals surface area contributed by atoms with Crippen LogP contribution in [0.1, 0.15) is 22.3 Å². The number of fused-ring (bicyclic) bond motifs is 4. The van der Waals surface area contributed by atoms with Crippen molar-refractivity contribution in [3.63, 3.8) is 0 Å². The Morgan fingerprint density at radius 2 is 0.727 bits per heavy atom. The Bertz CT molecular complexity index is 3490. The van der Waals surface area contributed by atoms with Crippen LogP contribution in [-0.2, 0) is 5.41 Å². The molecule has 1 heteroatoms. The average Bonchev–Trinajstić information content (AvgIpc) is 3.70. The molecule has 0 unspecified atom stereocenters. The van der Waals surface area contributed by atoms with E-state index in [1.165, 1.54) is 72.0 Å². The zero-order valence-electron chi connectivity index (χ0n) is 36.4. The Morgan fingerprint density at radius 3 is 1.45 bits per heavy atom. The second-order valence-electron chi connectivity index (χ2n) is 17.1. The Hall–Kier alpha value is -8.52.